The van der Waals surface area contributed by atoms with Gasteiger partial charge in [-0.25, -0.2) is 4.79 Å². The first-order chi connectivity index (χ1) is 18.7. The predicted octanol–water partition coefficient (Wildman–Crippen LogP) is 6.25. The van der Waals surface area contributed by atoms with Crippen LogP contribution in [-0.2, 0) is 20.7 Å². The maximum Gasteiger partial charge on any atom is 0.408 e. The highest BCUT2D eigenvalue weighted by Gasteiger charge is 2.42. The van der Waals surface area contributed by atoms with E-state index in [4.69, 9.17) is 4.74 Å². The van der Waals surface area contributed by atoms with E-state index in [2.05, 4.69) is 10.6 Å². The topological polar surface area (TPSA) is 87.7 Å². The molecule has 2 aromatic carbocycles. The van der Waals surface area contributed by atoms with E-state index in [1.54, 1.807) is 25.7 Å². The largest absolute Gasteiger partial charge is 0.444 e. The molecule has 2 aromatic rings. The fourth-order valence-electron chi connectivity index (χ4n) is 5.30. The minimum Gasteiger partial charge on any atom is -0.444 e. The molecule has 0 radical (unpaired) electrons. The SMILES string of the molecule is Cc1cccc(C(C(=O)NC2CCCCC2)N(C(=O)C(Cc2ccccc2)NC(=O)OC(C)(C)C)C(C)(C)C)c1. The molecular weight excluding hydrogens is 502 g/mol. The lowest BCUT2D eigenvalue weighted by Crippen LogP contribution is -2.59. The summed E-state index contributed by atoms with van der Waals surface area (Å²) in [5.74, 6) is -0.538. The number of hydrogen-bond acceptors (Lipinski definition) is 4. The Morgan fingerprint density at radius 3 is 2.15 bits per heavy atom. The molecule has 218 valence electrons. The Bertz CT molecular complexity index is 1140. The average molecular weight is 550 g/mol. The molecule has 1 fully saturated rings. The van der Waals surface area contributed by atoms with Gasteiger partial charge in [0.2, 0.25) is 11.8 Å². The van der Waals surface area contributed by atoms with Gasteiger partial charge < -0.3 is 20.3 Å². The third-order valence-electron chi connectivity index (χ3n) is 7.05. The van der Waals surface area contributed by atoms with Crippen molar-refractivity contribution in [3.8, 4) is 0 Å². The van der Waals surface area contributed by atoms with Gasteiger partial charge >= 0.3 is 6.09 Å². The smallest absolute Gasteiger partial charge is 0.408 e. The Morgan fingerprint density at radius 2 is 1.57 bits per heavy atom. The highest BCUT2D eigenvalue weighted by molar-refractivity contribution is 5.93. The number of nitrogens with zero attached hydrogens (tertiary/aromatic N) is 1. The van der Waals surface area contributed by atoms with E-state index < -0.39 is 29.3 Å². The Hall–Kier alpha value is -3.35. The van der Waals surface area contributed by atoms with E-state index in [-0.39, 0.29) is 24.3 Å². The van der Waals surface area contributed by atoms with Gasteiger partial charge in [0, 0.05) is 18.0 Å². The van der Waals surface area contributed by atoms with Crippen LogP contribution in [-0.4, -0.2) is 46.0 Å². The number of aryl methyl sites for hydroxylation is 1. The van der Waals surface area contributed by atoms with Crippen LogP contribution in [0.3, 0.4) is 0 Å². The molecule has 3 amide bonds. The molecule has 1 aliphatic rings. The Kier molecular flexibility index (Phi) is 10.4. The Labute approximate surface area is 240 Å². The molecule has 40 heavy (non-hydrogen) atoms. The van der Waals surface area contributed by atoms with E-state index in [0.29, 0.717) is 0 Å². The first-order valence-electron chi connectivity index (χ1n) is 14.5. The standard InChI is InChI=1S/C33H47N3O4/c1-23-15-14-18-25(21-23)28(29(37)34-26-19-12-9-13-20-26)36(32(2,3)4)30(38)27(22-24-16-10-8-11-17-24)35-31(39)40-33(5,6)7/h8,10-11,14-18,21,26-28H,9,12-13,19-20,22H2,1-7H3,(H,34,37)(H,35,39). The van der Waals surface area contributed by atoms with Crippen molar-refractivity contribution in [3.05, 3.63) is 71.3 Å². The zero-order chi connectivity index (χ0) is 29.5. The molecule has 0 heterocycles. The predicted molar refractivity (Wildman–Crippen MR) is 159 cm³/mol. The van der Waals surface area contributed by atoms with Gasteiger partial charge in [-0.3, -0.25) is 9.59 Å². The van der Waals surface area contributed by atoms with Gasteiger partial charge in [0.05, 0.1) is 0 Å². The molecule has 2 N–H and O–H groups in total. The van der Waals surface area contributed by atoms with Gasteiger partial charge in [0.15, 0.2) is 0 Å². The van der Waals surface area contributed by atoms with Crippen LogP contribution in [0.15, 0.2) is 54.6 Å². The molecule has 0 saturated heterocycles. The Morgan fingerprint density at radius 1 is 0.925 bits per heavy atom. The fraction of sp³-hybridized carbons (Fsp3) is 0.545. The van der Waals surface area contributed by atoms with Crippen molar-refractivity contribution >= 4 is 17.9 Å². The molecule has 0 bridgehead atoms. The van der Waals surface area contributed by atoms with Crippen LogP contribution in [0.1, 0.15) is 96.4 Å². The Balaban J connectivity index is 2.04. The van der Waals surface area contributed by atoms with E-state index >= 15 is 0 Å². The van der Waals surface area contributed by atoms with Crippen molar-refractivity contribution in [2.75, 3.05) is 0 Å². The summed E-state index contributed by atoms with van der Waals surface area (Å²) in [4.78, 5) is 43.2. The van der Waals surface area contributed by atoms with Crippen molar-refractivity contribution in [2.24, 2.45) is 0 Å². The molecule has 0 spiro atoms. The number of carbonyl (C=O) groups is 3. The highest BCUT2D eigenvalue weighted by Crippen LogP contribution is 2.32. The molecule has 7 nitrogen and oxygen atoms in total. The van der Waals surface area contributed by atoms with Crippen molar-refractivity contribution in [3.63, 3.8) is 0 Å². The molecule has 3 rings (SSSR count). The molecule has 1 saturated carbocycles. The number of carbonyl (C=O) groups excluding carboxylic acids is 3. The number of alkyl carbamates (subject to hydrolysis) is 1. The third-order valence-corrected chi connectivity index (χ3v) is 7.05. The third kappa shape index (κ3) is 9.10. The fourth-order valence-corrected chi connectivity index (χ4v) is 5.30. The van der Waals surface area contributed by atoms with Crippen LogP contribution in [0.2, 0.25) is 0 Å². The van der Waals surface area contributed by atoms with E-state index in [1.165, 1.54) is 6.42 Å². The van der Waals surface area contributed by atoms with Crippen molar-refractivity contribution in [1.29, 1.82) is 0 Å². The van der Waals surface area contributed by atoms with Gasteiger partial charge in [-0.2, -0.15) is 0 Å². The summed E-state index contributed by atoms with van der Waals surface area (Å²) in [6.45, 7) is 13.1. The van der Waals surface area contributed by atoms with Gasteiger partial charge in [0.25, 0.3) is 0 Å². The lowest BCUT2D eigenvalue weighted by Gasteiger charge is -2.43. The molecule has 1 aliphatic carbocycles. The average Bonchev–Trinajstić information content (AvgIpc) is 2.85. The first-order valence-corrected chi connectivity index (χ1v) is 14.5. The minimum absolute atomic E-state index is 0.0884. The summed E-state index contributed by atoms with van der Waals surface area (Å²) in [6.07, 6.45) is 4.81. The second kappa shape index (κ2) is 13.3. The van der Waals surface area contributed by atoms with Crippen molar-refractivity contribution < 1.29 is 19.1 Å². The van der Waals surface area contributed by atoms with Crippen molar-refractivity contribution in [2.45, 2.75) is 116 Å². The molecule has 0 aliphatic heterocycles. The summed E-state index contributed by atoms with van der Waals surface area (Å²) < 4.78 is 5.53. The van der Waals surface area contributed by atoms with E-state index in [1.807, 2.05) is 82.3 Å². The van der Waals surface area contributed by atoms with Crippen LogP contribution in [0.25, 0.3) is 0 Å². The van der Waals surface area contributed by atoms with Crippen LogP contribution in [0.4, 0.5) is 4.79 Å². The molecule has 0 aromatic heterocycles. The van der Waals surface area contributed by atoms with Gasteiger partial charge in [-0.15, -0.1) is 0 Å². The lowest BCUT2D eigenvalue weighted by atomic mass is 9.92. The number of hydrogen-bond donors (Lipinski definition) is 2. The maximum absolute atomic E-state index is 14.6. The second-order valence-electron chi connectivity index (χ2n) is 12.9. The normalized spacial score (nSPS) is 16.0. The zero-order valence-corrected chi connectivity index (χ0v) is 25.3. The minimum atomic E-state index is -0.939. The van der Waals surface area contributed by atoms with Crippen LogP contribution >= 0.6 is 0 Å². The zero-order valence-electron chi connectivity index (χ0n) is 25.3. The number of benzene rings is 2. The van der Waals surface area contributed by atoms with Crippen LogP contribution in [0, 0.1) is 6.92 Å². The molecular formula is C33H47N3O4. The number of rotatable bonds is 8. The van der Waals surface area contributed by atoms with Crippen molar-refractivity contribution in [1.82, 2.24) is 15.5 Å². The summed E-state index contributed by atoms with van der Waals surface area (Å²) >= 11 is 0. The molecule has 2 atom stereocenters. The first kappa shape index (κ1) is 31.2. The number of nitrogens with one attached hydrogen (secondary N) is 2. The quantitative estimate of drug-likeness (QED) is 0.408. The van der Waals surface area contributed by atoms with Crippen LogP contribution in [0.5, 0.6) is 0 Å². The maximum atomic E-state index is 14.6. The second-order valence-corrected chi connectivity index (χ2v) is 12.9. The molecule has 7 heteroatoms. The molecule has 2 unspecified atom stereocenters. The van der Waals surface area contributed by atoms with E-state index in [0.717, 1.165) is 42.4 Å². The summed E-state index contributed by atoms with van der Waals surface area (Å²) in [5, 5.41) is 6.09. The number of ether oxygens (including phenoxy) is 1. The van der Waals surface area contributed by atoms with Crippen LogP contribution < -0.4 is 10.6 Å². The monoisotopic (exact) mass is 549 g/mol. The van der Waals surface area contributed by atoms with E-state index in [9.17, 15) is 14.4 Å². The summed E-state index contributed by atoms with van der Waals surface area (Å²) in [7, 11) is 0. The van der Waals surface area contributed by atoms with Gasteiger partial charge in [0.1, 0.15) is 17.7 Å². The number of amides is 3. The highest BCUT2D eigenvalue weighted by atomic mass is 16.6. The van der Waals surface area contributed by atoms with Gasteiger partial charge in [-0.05, 0) is 72.4 Å². The summed E-state index contributed by atoms with van der Waals surface area (Å²) in [5.41, 5.74) is 1.18. The van der Waals surface area contributed by atoms with Gasteiger partial charge in [-0.1, -0.05) is 79.4 Å². The lowest BCUT2D eigenvalue weighted by molar-refractivity contribution is -0.148. The summed E-state index contributed by atoms with van der Waals surface area (Å²) in [6, 6.07) is 15.6.